The van der Waals surface area contributed by atoms with Crippen LogP contribution in [0.1, 0.15) is 18.4 Å². The molecule has 8 heteroatoms. The number of benzene rings is 2. The molecule has 0 unspecified atom stereocenters. The lowest BCUT2D eigenvalue weighted by molar-refractivity contribution is -0.124. The van der Waals surface area contributed by atoms with Crippen molar-refractivity contribution in [3.05, 3.63) is 59.1 Å². The molecule has 0 bridgehead atoms. The maximum Gasteiger partial charge on any atom is 0.243 e. The van der Waals surface area contributed by atoms with Gasteiger partial charge in [0.05, 0.1) is 4.90 Å². The van der Waals surface area contributed by atoms with Gasteiger partial charge >= 0.3 is 0 Å². The molecule has 1 N–H and O–H groups in total. The molecule has 1 saturated heterocycles. The highest BCUT2D eigenvalue weighted by atomic mass is 35.5. The minimum absolute atomic E-state index is 0.159. The third kappa shape index (κ3) is 5.08. The zero-order valence-corrected chi connectivity index (χ0v) is 18.0. The lowest BCUT2D eigenvalue weighted by Crippen LogP contribution is -2.46. The second-order valence-corrected chi connectivity index (χ2v) is 10.2. The van der Waals surface area contributed by atoms with Crippen molar-refractivity contribution in [3.63, 3.8) is 0 Å². The first-order chi connectivity index (χ1) is 13.4. The van der Waals surface area contributed by atoms with Crippen LogP contribution in [-0.4, -0.2) is 43.5 Å². The fourth-order valence-electron chi connectivity index (χ4n) is 3.13. The standard InChI is InChI=1S/C20H23ClN2O3S2/c1-15-4-8-17(9-5-15)27-14-12-22-20(24)19-3-2-13-23(19)28(25,26)18-10-6-16(21)7-11-18/h4-11,19H,2-3,12-14H2,1H3,(H,22,24)/t19-/m0/s1. The van der Waals surface area contributed by atoms with E-state index in [0.717, 1.165) is 10.6 Å². The van der Waals surface area contributed by atoms with Gasteiger partial charge in [0.1, 0.15) is 6.04 Å². The Bertz CT molecular complexity index is 915. The van der Waals surface area contributed by atoms with Crippen molar-refractivity contribution >= 4 is 39.3 Å². The molecule has 1 heterocycles. The Morgan fingerprint density at radius 1 is 1.18 bits per heavy atom. The molecule has 1 amide bonds. The van der Waals surface area contributed by atoms with Crippen molar-refractivity contribution in [3.8, 4) is 0 Å². The average molecular weight is 439 g/mol. The maximum absolute atomic E-state index is 12.9. The van der Waals surface area contributed by atoms with Gasteiger partial charge in [-0.1, -0.05) is 29.3 Å². The number of aryl methyl sites for hydroxylation is 1. The van der Waals surface area contributed by atoms with Crippen LogP contribution in [0.2, 0.25) is 5.02 Å². The normalized spacial score (nSPS) is 17.6. The summed E-state index contributed by atoms with van der Waals surface area (Å²) in [6.07, 6.45) is 1.20. The summed E-state index contributed by atoms with van der Waals surface area (Å²) in [5.74, 6) is 0.491. The van der Waals surface area contributed by atoms with Crippen molar-refractivity contribution in [2.24, 2.45) is 0 Å². The van der Waals surface area contributed by atoms with Gasteiger partial charge in [0.2, 0.25) is 15.9 Å². The monoisotopic (exact) mass is 438 g/mol. The molecule has 2 aromatic rings. The predicted octanol–water partition coefficient (Wildman–Crippen LogP) is 3.71. The second-order valence-electron chi connectivity index (χ2n) is 6.68. The Balaban J connectivity index is 1.56. The molecule has 0 spiro atoms. The number of sulfonamides is 1. The van der Waals surface area contributed by atoms with E-state index in [2.05, 4.69) is 29.6 Å². The number of hydrogen-bond acceptors (Lipinski definition) is 4. The molecule has 1 aliphatic heterocycles. The molecular weight excluding hydrogens is 416 g/mol. The number of hydrogen-bond donors (Lipinski definition) is 1. The summed E-state index contributed by atoms with van der Waals surface area (Å²) < 4.78 is 27.1. The molecule has 0 aliphatic carbocycles. The second kappa shape index (κ2) is 9.31. The van der Waals surface area contributed by atoms with E-state index < -0.39 is 16.1 Å². The van der Waals surface area contributed by atoms with Crippen molar-refractivity contribution in [2.75, 3.05) is 18.8 Å². The summed E-state index contributed by atoms with van der Waals surface area (Å²) in [7, 11) is -3.72. The van der Waals surface area contributed by atoms with E-state index in [4.69, 9.17) is 11.6 Å². The molecule has 2 aromatic carbocycles. The fraction of sp³-hybridized carbons (Fsp3) is 0.350. The van der Waals surface area contributed by atoms with Crippen LogP contribution < -0.4 is 5.32 Å². The van der Waals surface area contributed by atoms with Crippen molar-refractivity contribution in [2.45, 2.75) is 35.6 Å². The van der Waals surface area contributed by atoms with Gasteiger partial charge in [-0.15, -0.1) is 11.8 Å². The van der Waals surface area contributed by atoms with E-state index in [0.29, 0.717) is 31.0 Å². The van der Waals surface area contributed by atoms with Gasteiger partial charge in [0, 0.05) is 28.8 Å². The summed E-state index contributed by atoms with van der Waals surface area (Å²) in [5, 5.41) is 3.35. The first kappa shape index (κ1) is 21.2. The SMILES string of the molecule is Cc1ccc(SCCNC(=O)[C@@H]2CCCN2S(=O)(=O)c2ccc(Cl)cc2)cc1. The zero-order chi connectivity index (χ0) is 20.1. The Kier molecular flexibility index (Phi) is 7.04. The van der Waals surface area contributed by atoms with Gasteiger partial charge in [-0.05, 0) is 56.2 Å². The number of thioether (sulfide) groups is 1. The number of nitrogens with one attached hydrogen (secondary N) is 1. The number of carbonyl (C=O) groups is 1. The molecule has 28 heavy (non-hydrogen) atoms. The Hall–Kier alpha value is -1.54. The molecule has 3 rings (SSSR count). The van der Waals surface area contributed by atoms with Crippen LogP contribution in [0, 0.1) is 6.92 Å². The van der Waals surface area contributed by atoms with Gasteiger partial charge in [0.25, 0.3) is 0 Å². The van der Waals surface area contributed by atoms with Crippen LogP contribution in [0.15, 0.2) is 58.3 Å². The smallest absolute Gasteiger partial charge is 0.243 e. The van der Waals surface area contributed by atoms with Crippen LogP contribution in [-0.2, 0) is 14.8 Å². The topological polar surface area (TPSA) is 66.5 Å². The minimum atomic E-state index is -3.72. The molecule has 1 atom stereocenters. The summed E-state index contributed by atoms with van der Waals surface area (Å²) in [5.41, 5.74) is 1.21. The number of amides is 1. The number of nitrogens with zero attached hydrogens (tertiary/aromatic N) is 1. The molecule has 0 aromatic heterocycles. The van der Waals surface area contributed by atoms with Gasteiger partial charge in [-0.3, -0.25) is 4.79 Å². The van der Waals surface area contributed by atoms with Gasteiger partial charge < -0.3 is 5.32 Å². The molecule has 150 valence electrons. The largest absolute Gasteiger partial charge is 0.354 e. The number of halogens is 1. The maximum atomic E-state index is 12.9. The summed E-state index contributed by atoms with van der Waals surface area (Å²) in [6.45, 7) is 2.88. The van der Waals surface area contributed by atoms with E-state index in [-0.39, 0.29) is 10.8 Å². The van der Waals surface area contributed by atoms with E-state index >= 15 is 0 Å². The van der Waals surface area contributed by atoms with Crippen molar-refractivity contribution < 1.29 is 13.2 Å². The van der Waals surface area contributed by atoms with Gasteiger partial charge in [0.15, 0.2) is 0 Å². The molecule has 1 fully saturated rings. The first-order valence-corrected chi connectivity index (χ1v) is 11.9. The highest BCUT2D eigenvalue weighted by Gasteiger charge is 2.39. The van der Waals surface area contributed by atoms with E-state index in [1.54, 1.807) is 23.9 Å². The highest BCUT2D eigenvalue weighted by Crippen LogP contribution is 2.27. The molecule has 1 aliphatic rings. The summed E-state index contributed by atoms with van der Waals surface area (Å²) in [6, 6.07) is 13.6. The average Bonchev–Trinajstić information content (AvgIpc) is 3.18. The van der Waals surface area contributed by atoms with Gasteiger partial charge in [-0.2, -0.15) is 4.31 Å². The summed E-state index contributed by atoms with van der Waals surface area (Å²) >= 11 is 7.51. The lowest BCUT2D eigenvalue weighted by atomic mass is 10.2. The van der Waals surface area contributed by atoms with E-state index in [1.807, 2.05) is 6.92 Å². The van der Waals surface area contributed by atoms with Crippen LogP contribution in [0.4, 0.5) is 0 Å². The lowest BCUT2D eigenvalue weighted by Gasteiger charge is -2.23. The van der Waals surface area contributed by atoms with E-state index in [9.17, 15) is 13.2 Å². The third-order valence-corrected chi connectivity index (χ3v) is 7.81. The predicted molar refractivity (Wildman–Crippen MR) is 113 cm³/mol. The third-order valence-electron chi connectivity index (χ3n) is 4.62. The Morgan fingerprint density at radius 3 is 2.54 bits per heavy atom. The molecular formula is C20H23ClN2O3S2. The fourth-order valence-corrected chi connectivity index (χ4v) is 5.68. The Labute approximate surface area is 175 Å². The van der Waals surface area contributed by atoms with E-state index in [1.165, 1.54) is 22.0 Å². The van der Waals surface area contributed by atoms with Crippen molar-refractivity contribution in [1.29, 1.82) is 0 Å². The van der Waals surface area contributed by atoms with Gasteiger partial charge in [-0.25, -0.2) is 8.42 Å². The molecule has 0 saturated carbocycles. The van der Waals surface area contributed by atoms with Crippen LogP contribution >= 0.6 is 23.4 Å². The Morgan fingerprint density at radius 2 is 1.86 bits per heavy atom. The van der Waals surface area contributed by atoms with Crippen LogP contribution in [0.5, 0.6) is 0 Å². The van der Waals surface area contributed by atoms with Crippen molar-refractivity contribution in [1.82, 2.24) is 9.62 Å². The van der Waals surface area contributed by atoms with Crippen LogP contribution in [0.25, 0.3) is 0 Å². The van der Waals surface area contributed by atoms with Crippen LogP contribution in [0.3, 0.4) is 0 Å². The molecule has 5 nitrogen and oxygen atoms in total. The highest BCUT2D eigenvalue weighted by molar-refractivity contribution is 7.99. The quantitative estimate of drug-likeness (QED) is 0.528. The first-order valence-electron chi connectivity index (χ1n) is 9.12. The number of carbonyl (C=O) groups excluding carboxylic acids is 1. The summed E-state index contributed by atoms with van der Waals surface area (Å²) in [4.78, 5) is 13.9. The minimum Gasteiger partial charge on any atom is -0.354 e. The number of rotatable bonds is 7. The zero-order valence-electron chi connectivity index (χ0n) is 15.6. The molecule has 0 radical (unpaired) electrons.